The van der Waals surface area contributed by atoms with Crippen molar-refractivity contribution in [3.05, 3.63) is 59.1 Å². The maximum atomic E-state index is 9.56. The molecule has 0 spiro atoms. The number of halogens is 1. The third-order valence-electron chi connectivity index (χ3n) is 3.50. The van der Waals surface area contributed by atoms with Gasteiger partial charge in [0.05, 0.1) is 11.3 Å². The van der Waals surface area contributed by atoms with Crippen LogP contribution in [0.2, 0.25) is 5.02 Å². The Morgan fingerprint density at radius 2 is 1.95 bits per heavy atom. The average Bonchev–Trinajstić information content (AvgIpc) is 2.80. The number of rotatable bonds is 2. The molecule has 2 nitrogen and oxygen atoms in total. The summed E-state index contributed by atoms with van der Waals surface area (Å²) in [5, 5.41) is 11.2. The van der Waals surface area contributed by atoms with E-state index in [1.54, 1.807) is 0 Å². The lowest BCUT2D eigenvalue weighted by Gasteiger charge is -2.08. The molecule has 3 aromatic rings. The molecule has 3 heteroatoms. The van der Waals surface area contributed by atoms with Gasteiger partial charge in [0.2, 0.25) is 0 Å². The number of para-hydroxylation sites is 1. The molecule has 0 saturated carbocycles. The standard InChI is InChI=1S/C17H13ClN2/c1-2-20-16-9-4-3-8-14(16)15(11-19)17(20)12-6-5-7-13(18)10-12/h3-10H,2H2,1H3. The molecule has 0 aliphatic rings. The van der Waals surface area contributed by atoms with E-state index in [0.717, 1.165) is 28.7 Å². The highest BCUT2D eigenvalue weighted by atomic mass is 35.5. The summed E-state index contributed by atoms with van der Waals surface area (Å²) in [5.41, 5.74) is 3.72. The quantitative estimate of drug-likeness (QED) is 0.659. The number of aromatic nitrogens is 1. The van der Waals surface area contributed by atoms with Crippen molar-refractivity contribution in [2.24, 2.45) is 0 Å². The molecule has 0 atom stereocenters. The molecule has 1 heterocycles. The van der Waals surface area contributed by atoms with E-state index in [0.29, 0.717) is 10.6 Å². The third-order valence-corrected chi connectivity index (χ3v) is 3.73. The third kappa shape index (κ3) is 1.88. The van der Waals surface area contributed by atoms with Gasteiger partial charge in [0, 0.05) is 28.0 Å². The summed E-state index contributed by atoms with van der Waals surface area (Å²) in [6.45, 7) is 2.89. The van der Waals surface area contributed by atoms with Crippen molar-refractivity contribution in [2.45, 2.75) is 13.5 Å². The van der Waals surface area contributed by atoms with Crippen LogP contribution in [-0.4, -0.2) is 4.57 Å². The van der Waals surface area contributed by atoms with Gasteiger partial charge >= 0.3 is 0 Å². The number of hydrogen-bond donors (Lipinski definition) is 0. The van der Waals surface area contributed by atoms with Gasteiger partial charge in [-0.25, -0.2) is 0 Å². The van der Waals surface area contributed by atoms with Crippen molar-refractivity contribution in [3.8, 4) is 17.3 Å². The molecule has 2 aromatic carbocycles. The van der Waals surface area contributed by atoms with Crippen LogP contribution >= 0.6 is 11.6 Å². The topological polar surface area (TPSA) is 28.7 Å². The van der Waals surface area contributed by atoms with E-state index in [1.165, 1.54) is 0 Å². The minimum atomic E-state index is 0.680. The van der Waals surface area contributed by atoms with Crippen molar-refractivity contribution < 1.29 is 0 Å². The highest BCUT2D eigenvalue weighted by Crippen LogP contribution is 2.34. The van der Waals surface area contributed by atoms with Crippen molar-refractivity contribution in [2.75, 3.05) is 0 Å². The molecule has 20 heavy (non-hydrogen) atoms. The fourth-order valence-corrected chi connectivity index (χ4v) is 2.87. The molecule has 0 N–H and O–H groups in total. The van der Waals surface area contributed by atoms with E-state index in [4.69, 9.17) is 11.6 Å². The van der Waals surface area contributed by atoms with Gasteiger partial charge in [-0.1, -0.05) is 41.9 Å². The van der Waals surface area contributed by atoms with Crippen LogP contribution in [0.1, 0.15) is 12.5 Å². The van der Waals surface area contributed by atoms with Gasteiger partial charge in [0.15, 0.2) is 0 Å². The largest absolute Gasteiger partial charge is 0.340 e. The summed E-state index contributed by atoms with van der Waals surface area (Å²) in [6, 6.07) is 18.0. The molecule has 0 bridgehead atoms. The van der Waals surface area contributed by atoms with Crippen LogP contribution in [0.25, 0.3) is 22.2 Å². The summed E-state index contributed by atoms with van der Waals surface area (Å²) in [7, 11) is 0. The van der Waals surface area contributed by atoms with E-state index in [-0.39, 0.29) is 0 Å². The Morgan fingerprint density at radius 1 is 1.15 bits per heavy atom. The van der Waals surface area contributed by atoms with Crippen LogP contribution in [0.3, 0.4) is 0 Å². The first kappa shape index (κ1) is 12.8. The molecular weight excluding hydrogens is 268 g/mol. The first-order valence-electron chi connectivity index (χ1n) is 6.53. The maximum Gasteiger partial charge on any atom is 0.102 e. The summed E-state index contributed by atoms with van der Waals surface area (Å²) in [4.78, 5) is 0. The zero-order chi connectivity index (χ0) is 14.1. The molecule has 0 saturated heterocycles. The lowest BCUT2D eigenvalue weighted by molar-refractivity contribution is 0.804. The highest BCUT2D eigenvalue weighted by molar-refractivity contribution is 6.30. The molecule has 0 aliphatic carbocycles. The molecule has 0 fully saturated rings. The number of nitriles is 1. The molecule has 98 valence electrons. The van der Waals surface area contributed by atoms with Gasteiger partial charge in [-0.3, -0.25) is 0 Å². The van der Waals surface area contributed by atoms with Crippen molar-refractivity contribution in [1.29, 1.82) is 5.26 Å². The summed E-state index contributed by atoms with van der Waals surface area (Å²) >= 11 is 6.09. The highest BCUT2D eigenvalue weighted by Gasteiger charge is 2.17. The predicted molar refractivity (Wildman–Crippen MR) is 82.8 cm³/mol. The Kier molecular flexibility index (Phi) is 3.22. The Hall–Kier alpha value is -2.24. The minimum absolute atomic E-state index is 0.680. The summed E-state index contributed by atoms with van der Waals surface area (Å²) in [6.07, 6.45) is 0. The van der Waals surface area contributed by atoms with Crippen LogP contribution in [0.15, 0.2) is 48.5 Å². The lowest BCUT2D eigenvalue weighted by Crippen LogP contribution is -1.97. The van der Waals surface area contributed by atoms with E-state index in [1.807, 2.05) is 48.5 Å². The summed E-state index contributed by atoms with van der Waals surface area (Å²) < 4.78 is 2.17. The monoisotopic (exact) mass is 280 g/mol. The number of hydrogen-bond acceptors (Lipinski definition) is 1. The molecule has 0 aliphatic heterocycles. The summed E-state index contributed by atoms with van der Waals surface area (Å²) in [5.74, 6) is 0. The van der Waals surface area contributed by atoms with Crippen LogP contribution in [0, 0.1) is 11.3 Å². The second-order valence-corrected chi connectivity index (χ2v) is 5.04. The van der Waals surface area contributed by atoms with Crippen LogP contribution in [-0.2, 0) is 6.54 Å². The van der Waals surface area contributed by atoms with Gasteiger partial charge in [-0.2, -0.15) is 5.26 Å². The van der Waals surface area contributed by atoms with Gasteiger partial charge in [0.25, 0.3) is 0 Å². The molecule has 0 unspecified atom stereocenters. The fourth-order valence-electron chi connectivity index (χ4n) is 2.68. The Morgan fingerprint density at radius 3 is 2.65 bits per heavy atom. The molecule has 3 rings (SSSR count). The zero-order valence-corrected chi connectivity index (χ0v) is 11.9. The molecule has 1 aromatic heterocycles. The van der Waals surface area contributed by atoms with E-state index < -0.39 is 0 Å². The van der Waals surface area contributed by atoms with Gasteiger partial charge < -0.3 is 4.57 Å². The van der Waals surface area contributed by atoms with Gasteiger partial charge in [-0.15, -0.1) is 0 Å². The van der Waals surface area contributed by atoms with E-state index in [2.05, 4.69) is 17.6 Å². The zero-order valence-electron chi connectivity index (χ0n) is 11.1. The van der Waals surface area contributed by atoms with Crippen LogP contribution in [0.4, 0.5) is 0 Å². The SMILES string of the molecule is CCn1c(-c2cccc(Cl)c2)c(C#N)c2ccccc21. The first-order chi connectivity index (χ1) is 9.76. The number of aryl methyl sites for hydroxylation is 1. The lowest BCUT2D eigenvalue weighted by atomic mass is 10.1. The van der Waals surface area contributed by atoms with Crippen LogP contribution in [0.5, 0.6) is 0 Å². The Balaban J connectivity index is 2.43. The molecule has 0 radical (unpaired) electrons. The van der Waals surface area contributed by atoms with Crippen molar-refractivity contribution >= 4 is 22.5 Å². The van der Waals surface area contributed by atoms with Crippen molar-refractivity contribution in [3.63, 3.8) is 0 Å². The van der Waals surface area contributed by atoms with Gasteiger partial charge in [-0.05, 0) is 25.1 Å². The number of fused-ring (bicyclic) bond motifs is 1. The van der Waals surface area contributed by atoms with Gasteiger partial charge in [0.1, 0.15) is 6.07 Å². The second-order valence-electron chi connectivity index (χ2n) is 4.61. The fraction of sp³-hybridized carbons (Fsp3) is 0.118. The smallest absolute Gasteiger partial charge is 0.102 e. The number of benzene rings is 2. The maximum absolute atomic E-state index is 9.56. The van der Waals surface area contributed by atoms with Crippen molar-refractivity contribution in [1.82, 2.24) is 4.57 Å². The molecular formula is C17H13ClN2. The first-order valence-corrected chi connectivity index (χ1v) is 6.91. The second kappa shape index (κ2) is 5.03. The van der Waals surface area contributed by atoms with E-state index >= 15 is 0 Å². The normalized spacial score (nSPS) is 10.7. The van der Waals surface area contributed by atoms with E-state index in [9.17, 15) is 5.26 Å². The Bertz CT molecular complexity index is 825. The predicted octanol–water partition coefficient (Wildman–Crippen LogP) is 4.85. The average molecular weight is 281 g/mol. The van der Waals surface area contributed by atoms with Crippen LogP contribution < -0.4 is 0 Å². The minimum Gasteiger partial charge on any atom is -0.340 e. The number of nitrogens with zero attached hydrogens (tertiary/aromatic N) is 2. The Labute approximate surface area is 122 Å². The molecule has 0 amide bonds.